The lowest BCUT2D eigenvalue weighted by Crippen LogP contribution is -2.24. The van der Waals surface area contributed by atoms with Crippen LogP contribution in [0.25, 0.3) is 0 Å². The second-order valence-corrected chi connectivity index (χ2v) is 6.73. The molecule has 0 aromatic carbocycles. The Kier molecular flexibility index (Phi) is 5.57. The fraction of sp³-hybridized carbons (Fsp3) is 0.857. The molecule has 1 unspecified atom stereocenters. The number of hydrogen-bond acceptors (Lipinski definition) is 3. The van der Waals surface area contributed by atoms with Gasteiger partial charge in [-0.3, -0.25) is 4.79 Å². The fourth-order valence-corrected chi connectivity index (χ4v) is 2.23. The Morgan fingerprint density at radius 3 is 2.50 bits per heavy atom. The molecule has 0 aromatic rings. The molecule has 3 nitrogen and oxygen atoms in total. The van der Waals surface area contributed by atoms with E-state index in [1.54, 1.807) is 0 Å². The lowest BCUT2D eigenvalue weighted by molar-refractivity contribution is -0.154. The summed E-state index contributed by atoms with van der Waals surface area (Å²) < 4.78 is 5.27. The predicted octanol–water partition coefficient (Wildman–Crippen LogP) is 3.20. The molecule has 4 heteroatoms. The highest BCUT2D eigenvalue weighted by Crippen LogP contribution is 2.36. The van der Waals surface area contributed by atoms with E-state index in [0.717, 1.165) is 25.2 Å². The Bertz CT molecular complexity index is 305. The Morgan fingerprint density at radius 1 is 1.44 bits per heavy atom. The van der Waals surface area contributed by atoms with Crippen LogP contribution in [0, 0.1) is 11.8 Å². The quantitative estimate of drug-likeness (QED) is 0.570. The zero-order valence-corrected chi connectivity index (χ0v) is 12.5. The van der Waals surface area contributed by atoms with Gasteiger partial charge in [0.15, 0.2) is 0 Å². The standard InChI is InChI=1S/C14H25NO2S/c1-14(2,3)17-12(16)6-4-5-11(13(15)18)9-10-7-8-10/h10-11H,4-9H2,1-3H3,(H2,15,18). The molecule has 1 atom stereocenters. The van der Waals surface area contributed by atoms with Crippen molar-refractivity contribution in [1.29, 1.82) is 0 Å². The number of carbonyl (C=O) groups excluding carboxylic acids is 1. The van der Waals surface area contributed by atoms with Crippen molar-refractivity contribution in [3.8, 4) is 0 Å². The van der Waals surface area contributed by atoms with Crippen LogP contribution < -0.4 is 5.73 Å². The maximum Gasteiger partial charge on any atom is 0.306 e. The summed E-state index contributed by atoms with van der Waals surface area (Å²) in [4.78, 5) is 12.2. The maximum absolute atomic E-state index is 11.6. The first-order valence-corrected chi connectivity index (χ1v) is 7.20. The summed E-state index contributed by atoms with van der Waals surface area (Å²) in [6.45, 7) is 5.65. The lowest BCUT2D eigenvalue weighted by atomic mass is 9.96. The van der Waals surface area contributed by atoms with E-state index in [4.69, 9.17) is 22.7 Å². The van der Waals surface area contributed by atoms with E-state index < -0.39 is 5.60 Å². The van der Waals surface area contributed by atoms with Gasteiger partial charge in [0.1, 0.15) is 5.60 Å². The first-order chi connectivity index (χ1) is 8.28. The van der Waals surface area contributed by atoms with E-state index >= 15 is 0 Å². The third-order valence-electron chi connectivity index (χ3n) is 3.07. The summed E-state index contributed by atoms with van der Waals surface area (Å²) in [7, 11) is 0. The van der Waals surface area contributed by atoms with Gasteiger partial charge in [0.25, 0.3) is 0 Å². The van der Waals surface area contributed by atoms with Crippen LogP contribution in [-0.2, 0) is 9.53 Å². The number of ether oxygens (including phenoxy) is 1. The second-order valence-electron chi connectivity index (χ2n) is 6.26. The number of rotatable bonds is 7. The average molecular weight is 271 g/mol. The molecule has 1 rings (SSSR count). The van der Waals surface area contributed by atoms with E-state index in [-0.39, 0.29) is 5.97 Å². The highest BCUT2D eigenvalue weighted by atomic mass is 32.1. The number of carbonyl (C=O) groups is 1. The Hall–Kier alpha value is -0.640. The summed E-state index contributed by atoms with van der Waals surface area (Å²) in [5.74, 6) is 0.989. The zero-order chi connectivity index (χ0) is 13.8. The molecule has 1 fully saturated rings. The van der Waals surface area contributed by atoms with Crippen LogP contribution in [0.1, 0.15) is 59.3 Å². The minimum absolute atomic E-state index is 0.129. The molecule has 0 bridgehead atoms. The number of thiocarbonyl (C=S) groups is 1. The first-order valence-electron chi connectivity index (χ1n) is 6.79. The summed E-state index contributed by atoms with van der Waals surface area (Å²) in [5, 5.41) is 0. The van der Waals surface area contributed by atoms with Crippen molar-refractivity contribution >= 4 is 23.2 Å². The van der Waals surface area contributed by atoms with E-state index in [1.807, 2.05) is 20.8 Å². The molecule has 1 aliphatic rings. The summed E-state index contributed by atoms with van der Waals surface area (Å²) >= 11 is 5.09. The van der Waals surface area contributed by atoms with Gasteiger partial charge in [-0.05, 0) is 46.0 Å². The van der Waals surface area contributed by atoms with Gasteiger partial charge >= 0.3 is 5.97 Å². The molecule has 0 heterocycles. The molecule has 1 aliphatic carbocycles. The van der Waals surface area contributed by atoms with Crippen molar-refractivity contribution in [3.05, 3.63) is 0 Å². The van der Waals surface area contributed by atoms with Gasteiger partial charge in [-0.25, -0.2) is 0 Å². The first kappa shape index (κ1) is 15.4. The zero-order valence-electron chi connectivity index (χ0n) is 11.7. The normalized spacial score (nSPS) is 17.3. The van der Waals surface area contributed by atoms with Crippen LogP contribution in [0.3, 0.4) is 0 Å². The minimum atomic E-state index is -0.395. The monoisotopic (exact) mass is 271 g/mol. The second kappa shape index (κ2) is 6.50. The summed E-state index contributed by atoms with van der Waals surface area (Å²) in [6, 6.07) is 0. The Balaban J connectivity index is 2.21. The molecule has 0 spiro atoms. The van der Waals surface area contributed by atoms with Crippen LogP contribution in [0.4, 0.5) is 0 Å². The maximum atomic E-state index is 11.6. The van der Waals surface area contributed by atoms with Crippen LogP contribution >= 0.6 is 12.2 Å². The van der Waals surface area contributed by atoms with Crippen molar-refractivity contribution in [2.75, 3.05) is 0 Å². The van der Waals surface area contributed by atoms with Crippen LogP contribution in [0.15, 0.2) is 0 Å². The molecule has 18 heavy (non-hydrogen) atoms. The largest absolute Gasteiger partial charge is 0.460 e. The van der Waals surface area contributed by atoms with Crippen LogP contribution in [0.2, 0.25) is 0 Å². The molecule has 2 N–H and O–H groups in total. The molecule has 0 aliphatic heterocycles. The molecule has 104 valence electrons. The molecule has 1 saturated carbocycles. The third kappa shape index (κ3) is 6.94. The van der Waals surface area contributed by atoms with E-state index in [2.05, 4.69) is 0 Å². The topological polar surface area (TPSA) is 52.3 Å². The van der Waals surface area contributed by atoms with Gasteiger partial charge in [-0.1, -0.05) is 25.1 Å². The van der Waals surface area contributed by atoms with Gasteiger partial charge in [-0.2, -0.15) is 0 Å². The van der Waals surface area contributed by atoms with Crippen molar-refractivity contribution in [3.63, 3.8) is 0 Å². The van der Waals surface area contributed by atoms with Crippen molar-refractivity contribution in [2.45, 2.75) is 64.9 Å². The lowest BCUT2D eigenvalue weighted by Gasteiger charge is -2.20. The fourth-order valence-electron chi connectivity index (χ4n) is 2.02. The number of nitrogens with two attached hydrogens (primary N) is 1. The summed E-state index contributed by atoms with van der Waals surface area (Å²) in [6.07, 6.45) is 5.90. The Morgan fingerprint density at radius 2 is 2.06 bits per heavy atom. The van der Waals surface area contributed by atoms with Crippen molar-refractivity contribution in [2.24, 2.45) is 17.6 Å². The van der Waals surface area contributed by atoms with Gasteiger partial charge in [-0.15, -0.1) is 0 Å². The van der Waals surface area contributed by atoms with Gasteiger partial charge in [0.05, 0.1) is 4.99 Å². The van der Waals surface area contributed by atoms with E-state index in [9.17, 15) is 4.79 Å². The van der Waals surface area contributed by atoms with Gasteiger partial charge in [0.2, 0.25) is 0 Å². The molecule has 0 radical (unpaired) electrons. The van der Waals surface area contributed by atoms with E-state index in [0.29, 0.717) is 17.3 Å². The highest BCUT2D eigenvalue weighted by Gasteiger charge is 2.26. The summed E-state index contributed by atoms with van der Waals surface area (Å²) in [5.41, 5.74) is 5.35. The molecule has 0 amide bonds. The highest BCUT2D eigenvalue weighted by molar-refractivity contribution is 7.80. The smallest absolute Gasteiger partial charge is 0.306 e. The van der Waals surface area contributed by atoms with Crippen molar-refractivity contribution in [1.82, 2.24) is 0 Å². The SMILES string of the molecule is CC(C)(C)OC(=O)CCCC(CC1CC1)C(N)=S. The van der Waals surface area contributed by atoms with E-state index in [1.165, 1.54) is 12.8 Å². The Labute approximate surface area is 115 Å². The molecule has 0 saturated heterocycles. The number of hydrogen-bond donors (Lipinski definition) is 1. The van der Waals surface area contributed by atoms with Gasteiger partial charge in [0, 0.05) is 12.3 Å². The van der Waals surface area contributed by atoms with Crippen molar-refractivity contribution < 1.29 is 9.53 Å². The predicted molar refractivity (Wildman–Crippen MR) is 77.3 cm³/mol. The van der Waals surface area contributed by atoms with Gasteiger partial charge < -0.3 is 10.5 Å². The number of esters is 1. The van der Waals surface area contributed by atoms with Crippen LogP contribution in [-0.4, -0.2) is 16.6 Å². The van der Waals surface area contributed by atoms with Crippen LogP contribution in [0.5, 0.6) is 0 Å². The molecule has 0 aromatic heterocycles. The minimum Gasteiger partial charge on any atom is -0.460 e. The molecular weight excluding hydrogens is 246 g/mol. The third-order valence-corrected chi connectivity index (χ3v) is 3.40. The average Bonchev–Trinajstić information content (AvgIpc) is 2.96. The molecular formula is C14H25NO2S.